The first-order valence-electron chi connectivity index (χ1n) is 6.44. The zero-order valence-electron chi connectivity index (χ0n) is 11.7. The van der Waals surface area contributed by atoms with Crippen LogP contribution in [0.4, 0.5) is 0 Å². The molecule has 1 fully saturated rings. The van der Waals surface area contributed by atoms with Crippen molar-refractivity contribution in [3.8, 4) is 0 Å². The first kappa shape index (κ1) is 14.0. The van der Waals surface area contributed by atoms with Crippen molar-refractivity contribution in [2.75, 3.05) is 27.3 Å². The van der Waals surface area contributed by atoms with Crippen molar-refractivity contribution in [1.82, 2.24) is 25.2 Å². The number of likely N-dealkylation sites (tertiary alicyclic amines) is 1. The van der Waals surface area contributed by atoms with Crippen molar-refractivity contribution in [3.63, 3.8) is 0 Å². The van der Waals surface area contributed by atoms with Crippen LogP contribution in [-0.4, -0.2) is 58.6 Å². The molecule has 1 atom stereocenters. The summed E-state index contributed by atoms with van der Waals surface area (Å²) in [4.78, 5) is 15.9. The van der Waals surface area contributed by atoms with E-state index >= 15 is 0 Å². The highest BCUT2D eigenvalue weighted by atomic mass is 16.5. The summed E-state index contributed by atoms with van der Waals surface area (Å²) in [6.07, 6.45) is 3.53. The summed E-state index contributed by atoms with van der Waals surface area (Å²) in [5.41, 5.74) is 0.287. The fourth-order valence-electron chi connectivity index (χ4n) is 2.78. The summed E-state index contributed by atoms with van der Waals surface area (Å²) < 4.78 is 5.28. The standard InChI is InChI=1S/C12H21N5O2/c1-13-11(18)12(9-19-3)5-4-6-17(12)8-10-7-14-16(2)15-10/h7H,4-6,8-9H2,1-3H3,(H,13,18). The molecule has 1 aliphatic heterocycles. The molecular weight excluding hydrogens is 246 g/mol. The molecule has 0 saturated carbocycles. The van der Waals surface area contributed by atoms with E-state index in [0.717, 1.165) is 25.1 Å². The number of carbonyl (C=O) groups is 1. The van der Waals surface area contributed by atoms with Gasteiger partial charge in [-0.25, -0.2) is 0 Å². The molecule has 0 radical (unpaired) electrons. The topological polar surface area (TPSA) is 72.3 Å². The molecule has 0 spiro atoms. The molecule has 1 amide bonds. The van der Waals surface area contributed by atoms with E-state index < -0.39 is 5.54 Å². The van der Waals surface area contributed by atoms with Crippen LogP contribution in [0.1, 0.15) is 18.5 Å². The van der Waals surface area contributed by atoms with Gasteiger partial charge in [0.05, 0.1) is 18.5 Å². The number of aromatic nitrogens is 3. The third-order valence-corrected chi connectivity index (χ3v) is 3.66. The van der Waals surface area contributed by atoms with E-state index in [-0.39, 0.29) is 5.91 Å². The lowest BCUT2D eigenvalue weighted by molar-refractivity contribution is -0.135. The largest absolute Gasteiger partial charge is 0.382 e. The minimum absolute atomic E-state index is 0.00994. The number of nitrogens with zero attached hydrogens (tertiary/aromatic N) is 4. The number of hydrogen-bond acceptors (Lipinski definition) is 5. The Morgan fingerprint density at radius 3 is 3.00 bits per heavy atom. The lowest BCUT2D eigenvalue weighted by atomic mass is 9.95. The number of carbonyl (C=O) groups excluding carboxylic acids is 1. The number of nitrogens with one attached hydrogen (secondary N) is 1. The molecule has 1 aromatic rings. The van der Waals surface area contributed by atoms with E-state index in [1.807, 2.05) is 0 Å². The number of hydrogen-bond donors (Lipinski definition) is 1. The Kier molecular flexibility index (Phi) is 4.16. The Morgan fingerprint density at radius 2 is 2.42 bits per heavy atom. The quantitative estimate of drug-likeness (QED) is 0.782. The van der Waals surface area contributed by atoms with Crippen molar-refractivity contribution in [3.05, 3.63) is 11.9 Å². The molecule has 19 heavy (non-hydrogen) atoms. The van der Waals surface area contributed by atoms with Crippen LogP contribution >= 0.6 is 0 Å². The molecule has 1 unspecified atom stereocenters. The Balaban J connectivity index is 2.19. The van der Waals surface area contributed by atoms with E-state index in [2.05, 4.69) is 20.4 Å². The minimum Gasteiger partial charge on any atom is -0.382 e. The second-order valence-electron chi connectivity index (χ2n) is 4.89. The molecular formula is C12H21N5O2. The monoisotopic (exact) mass is 267 g/mol. The summed E-state index contributed by atoms with van der Waals surface area (Å²) >= 11 is 0. The number of likely N-dealkylation sites (N-methyl/N-ethyl adjacent to an activating group) is 1. The molecule has 1 aromatic heterocycles. The third-order valence-electron chi connectivity index (χ3n) is 3.66. The van der Waals surface area contributed by atoms with Crippen molar-refractivity contribution in [2.24, 2.45) is 7.05 Å². The molecule has 1 aliphatic rings. The van der Waals surface area contributed by atoms with Gasteiger partial charge in [-0.15, -0.1) is 0 Å². The predicted octanol–water partition coefficient (Wildman–Crippen LogP) is -0.458. The van der Waals surface area contributed by atoms with Crippen molar-refractivity contribution >= 4 is 5.91 Å². The highest BCUT2D eigenvalue weighted by molar-refractivity contribution is 5.86. The fourth-order valence-corrected chi connectivity index (χ4v) is 2.78. The number of methoxy groups -OCH3 is 1. The smallest absolute Gasteiger partial charge is 0.242 e. The number of aryl methyl sites for hydroxylation is 1. The van der Waals surface area contributed by atoms with E-state index in [1.165, 1.54) is 4.80 Å². The Labute approximate surface area is 112 Å². The van der Waals surface area contributed by atoms with Crippen LogP contribution in [0.3, 0.4) is 0 Å². The van der Waals surface area contributed by atoms with Crippen molar-refractivity contribution in [2.45, 2.75) is 24.9 Å². The molecule has 7 nitrogen and oxygen atoms in total. The second kappa shape index (κ2) is 5.66. The van der Waals surface area contributed by atoms with Gasteiger partial charge in [-0.2, -0.15) is 15.0 Å². The van der Waals surface area contributed by atoms with E-state index in [4.69, 9.17) is 4.74 Å². The van der Waals surface area contributed by atoms with Crippen LogP contribution in [0.2, 0.25) is 0 Å². The van der Waals surface area contributed by atoms with Crippen LogP contribution < -0.4 is 5.32 Å². The van der Waals surface area contributed by atoms with E-state index in [1.54, 1.807) is 27.4 Å². The van der Waals surface area contributed by atoms with Gasteiger partial charge in [0, 0.05) is 27.7 Å². The molecule has 1 saturated heterocycles. The first-order valence-corrected chi connectivity index (χ1v) is 6.44. The van der Waals surface area contributed by atoms with Gasteiger partial charge in [0.2, 0.25) is 5.91 Å². The van der Waals surface area contributed by atoms with Gasteiger partial charge in [-0.3, -0.25) is 9.69 Å². The number of amides is 1. The summed E-state index contributed by atoms with van der Waals surface area (Å²) in [6.45, 7) is 1.88. The Morgan fingerprint density at radius 1 is 1.63 bits per heavy atom. The highest BCUT2D eigenvalue weighted by Gasteiger charge is 2.47. The lowest BCUT2D eigenvalue weighted by Crippen LogP contribution is -2.57. The normalized spacial score (nSPS) is 23.7. The molecule has 2 rings (SSSR count). The zero-order chi connectivity index (χ0) is 13.9. The van der Waals surface area contributed by atoms with Crippen LogP contribution in [0.15, 0.2) is 6.20 Å². The van der Waals surface area contributed by atoms with Gasteiger partial charge in [-0.05, 0) is 19.4 Å². The molecule has 1 N–H and O–H groups in total. The summed E-state index contributed by atoms with van der Waals surface area (Å²) in [5, 5.41) is 11.1. The maximum Gasteiger partial charge on any atom is 0.242 e. The summed E-state index contributed by atoms with van der Waals surface area (Å²) in [6, 6.07) is 0. The van der Waals surface area contributed by atoms with E-state index in [9.17, 15) is 4.79 Å². The van der Waals surface area contributed by atoms with E-state index in [0.29, 0.717) is 13.2 Å². The van der Waals surface area contributed by atoms with Gasteiger partial charge in [0.15, 0.2) is 0 Å². The lowest BCUT2D eigenvalue weighted by Gasteiger charge is -2.35. The molecule has 0 aromatic carbocycles. The molecule has 2 heterocycles. The van der Waals surface area contributed by atoms with Crippen LogP contribution in [0.5, 0.6) is 0 Å². The van der Waals surface area contributed by atoms with Gasteiger partial charge in [0.25, 0.3) is 0 Å². The maximum atomic E-state index is 12.3. The zero-order valence-corrected chi connectivity index (χ0v) is 11.7. The SMILES string of the molecule is CNC(=O)C1(COC)CCCN1Cc1cnn(C)n1. The Bertz CT molecular complexity index is 447. The first-order chi connectivity index (χ1) is 9.12. The van der Waals surface area contributed by atoms with Crippen LogP contribution in [0, 0.1) is 0 Å². The number of rotatable bonds is 5. The van der Waals surface area contributed by atoms with Crippen molar-refractivity contribution < 1.29 is 9.53 Å². The summed E-state index contributed by atoms with van der Waals surface area (Å²) in [5.74, 6) is 0.00994. The molecule has 106 valence electrons. The minimum atomic E-state index is -0.582. The number of ether oxygens (including phenoxy) is 1. The average Bonchev–Trinajstić information content (AvgIpc) is 2.98. The summed E-state index contributed by atoms with van der Waals surface area (Å²) in [7, 11) is 5.08. The fraction of sp³-hybridized carbons (Fsp3) is 0.750. The molecule has 0 aliphatic carbocycles. The van der Waals surface area contributed by atoms with Crippen molar-refractivity contribution in [1.29, 1.82) is 0 Å². The second-order valence-corrected chi connectivity index (χ2v) is 4.89. The van der Waals surface area contributed by atoms with Crippen LogP contribution in [0.25, 0.3) is 0 Å². The average molecular weight is 267 g/mol. The maximum absolute atomic E-state index is 12.3. The van der Waals surface area contributed by atoms with Crippen LogP contribution in [-0.2, 0) is 23.1 Å². The van der Waals surface area contributed by atoms with Gasteiger partial charge in [-0.1, -0.05) is 0 Å². The van der Waals surface area contributed by atoms with Gasteiger partial charge in [0.1, 0.15) is 5.54 Å². The third kappa shape index (κ3) is 2.62. The molecule has 0 bridgehead atoms. The highest BCUT2D eigenvalue weighted by Crippen LogP contribution is 2.31. The predicted molar refractivity (Wildman–Crippen MR) is 69.3 cm³/mol. The van der Waals surface area contributed by atoms with Gasteiger partial charge < -0.3 is 10.1 Å². The molecule has 7 heteroatoms. The van der Waals surface area contributed by atoms with Gasteiger partial charge >= 0.3 is 0 Å². The Hall–Kier alpha value is -1.47.